The zero-order valence-electron chi connectivity index (χ0n) is 10.1. The predicted molar refractivity (Wildman–Crippen MR) is 62.5 cm³/mol. The second-order valence-corrected chi connectivity index (χ2v) is 4.04. The van der Waals surface area contributed by atoms with Crippen LogP contribution in [0.4, 0.5) is 4.39 Å². The summed E-state index contributed by atoms with van der Waals surface area (Å²) in [6.45, 7) is 1.92. The summed E-state index contributed by atoms with van der Waals surface area (Å²) in [4.78, 5) is 17.8. The second-order valence-electron chi connectivity index (χ2n) is 4.04. The summed E-state index contributed by atoms with van der Waals surface area (Å²) in [7, 11) is 3.33. The van der Waals surface area contributed by atoms with Crippen molar-refractivity contribution < 1.29 is 9.18 Å². The highest BCUT2D eigenvalue weighted by molar-refractivity contribution is 5.94. The van der Waals surface area contributed by atoms with Crippen molar-refractivity contribution in [3.63, 3.8) is 0 Å². The maximum atomic E-state index is 13.2. The van der Waals surface area contributed by atoms with Crippen LogP contribution in [0.25, 0.3) is 5.65 Å². The molecular weight excluding hydrogens is 221 g/mol. The number of aryl methyl sites for hydroxylation is 1. The number of carbonyl (C=O) groups excluding carboxylic acids is 1. The molecule has 2 aromatic rings. The largest absolute Gasteiger partial charge is 0.343 e. The number of imidazole rings is 1. The lowest BCUT2D eigenvalue weighted by Gasteiger charge is -2.10. The van der Waals surface area contributed by atoms with Gasteiger partial charge < -0.3 is 4.90 Å². The van der Waals surface area contributed by atoms with Gasteiger partial charge in [0.2, 0.25) is 0 Å². The number of aromatic nitrogens is 2. The molecule has 0 bridgehead atoms. The average Bonchev–Trinajstić information content (AvgIpc) is 2.65. The van der Waals surface area contributed by atoms with E-state index >= 15 is 0 Å². The predicted octanol–water partition coefficient (Wildman–Crippen LogP) is 1.74. The summed E-state index contributed by atoms with van der Waals surface area (Å²) in [6.07, 6.45) is 1.93. The first-order chi connectivity index (χ1) is 8.04. The Labute approximate surface area is 98.7 Å². The van der Waals surface area contributed by atoms with Crippen LogP contribution in [-0.2, 0) is 6.42 Å². The molecule has 2 rings (SSSR count). The molecule has 5 heteroatoms. The Morgan fingerprint density at radius 2 is 2.18 bits per heavy atom. The lowest BCUT2D eigenvalue weighted by molar-refractivity contribution is 0.0820. The lowest BCUT2D eigenvalue weighted by Crippen LogP contribution is -2.24. The van der Waals surface area contributed by atoms with Gasteiger partial charge >= 0.3 is 0 Å². The normalized spacial score (nSPS) is 10.8. The Morgan fingerprint density at radius 3 is 2.76 bits per heavy atom. The number of amides is 1. The van der Waals surface area contributed by atoms with Gasteiger partial charge in [0.05, 0.1) is 5.69 Å². The van der Waals surface area contributed by atoms with E-state index in [1.807, 2.05) is 6.92 Å². The Bertz CT molecular complexity index is 574. The topological polar surface area (TPSA) is 37.6 Å². The van der Waals surface area contributed by atoms with Crippen molar-refractivity contribution >= 4 is 11.6 Å². The molecule has 17 heavy (non-hydrogen) atoms. The van der Waals surface area contributed by atoms with Gasteiger partial charge in [-0.05, 0) is 18.6 Å². The number of hydrogen-bond acceptors (Lipinski definition) is 2. The van der Waals surface area contributed by atoms with Crippen LogP contribution in [0.15, 0.2) is 18.3 Å². The fourth-order valence-corrected chi connectivity index (χ4v) is 1.75. The smallest absolute Gasteiger partial charge is 0.272 e. The summed E-state index contributed by atoms with van der Waals surface area (Å²) < 4.78 is 14.7. The van der Waals surface area contributed by atoms with Crippen LogP contribution in [0.3, 0.4) is 0 Å². The molecule has 0 atom stereocenters. The maximum absolute atomic E-state index is 13.2. The fourth-order valence-electron chi connectivity index (χ4n) is 1.75. The van der Waals surface area contributed by atoms with Gasteiger partial charge in [-0.15, -0.1) is 0 Å². The van der Waals surface area contributed by atoms with Gasteiger partial charge in [0, 0.05) is 20.3 Å². The third-order valence-electron chi connectivity index (χ3n) is 2.60. The number of rotatable bonds is 2. The molecule has 2 aromatic heterocycles. The molecule has 0 saturated heterocycles. The molecule has 0 radical (unpaired) electrons. The zero-order valence-corrected chi connectivity index (χ0v) is 10.1. The Balaban J connectivity index is 2.73. The quantitative estimate of drug-likeness (QED) is 0.795. The number of hydrogen-bond donors (Lipinski definition) is 0. The molecule has 0 unspecified atom stereocenters. The van der Waals surface area contributed by atoms with Gasteiger partial charge in [0.1, 0.15) is 17.2 Å². The number of fused-ring (bicyclic) bond motifs is 1. The maximum Gasteiger partial charge on any atom is 0.272 e. The molecule has 0 aromatic carbocycles. The first-order valence-corrected chi connectivity index (χ1v) is 5.42. The molecule has 0 aliphatic rings. The van der Waals surface area contributed by atoms with E-state index in [2.05, 4.69) is 4.98 Å². The molecule has 2 heterocycles. The number of halogens is 1. The molecule has 0 aliphatic heterocycles. The molecule has 0 N–H and O–H groups in total. The van der Waals surface area contributed by atoms with Crippen molar-refractivity contribution in [2.75, 3.05) is 14.1 Å². The van der Waals surface area contributed by atoms with Crippen LogP contribution in [0.2, 0.25) is 0 Å². The minimum atomic E-state index is -0.384. The fraction of sp³-hybridized carbons (Fsp3) is 0.333. The molecule has 4 nitrogen and oxygen atoms in total. The van der Waals surface area contributed by atoms with Crippen molar-refractivity contribution in [2.45, 2.75) is 13.3 Å². The SMILES string of the molecule is CCc1nc2ccc(F)cn2c1C(=O)N(C)C. The van der Waals surface area contributed by atoms with Crippen molar-refractivity contribution in [3.05, 3.63) is 35.5 Å². The minimum absolute atomic E-state index is 0.167. The van der Waals surface area contributed by atoms with Crippen LogP contribution in [-0.4, -0.2) is 34.3 Å². The molecule has 0 aliphatic carbocycles. The summed E-state index contributed by atoms with van der Waals surface area (Å²) in [5.74, 6) is -0.551. The molecular formula is C12H14FN3O. The number of pyridine rings is 1. The first kappa shape index (κ1) is 11.6. The van der Waals surface area contributed by atoms with E-state index in [1.54, 1.807) is 20.2 Å². The Hall–Kier alpha value is -1.91. The molecule has 90 valence electrons. The van der Waals surface area contributed by atoms with Gasteiger partial charge in [-0.2, -0.15) is 0 Å². The second kappa shape index (κ2) is 4.16. The van der Waals surface area contributed by atoms with E-state index in [1.165, 1.54) is 21.6 Å². The average molecular weight is 235 g/mol. The first-order valence-electron chi connectivity index (χ1n) is 5.42. The molecule has 0 saturated carbocycles. The molecule has 1 amide bonds. The van der Waals surface area contributed by atoms with Crippen LogP contribution in [0.5, 0.6) is 0 Å². The summed E-state index contributed by atoms with van der Waals surface area (Å²) in [5.41, 5.74) is 1.72. The van der Waals surface area contributed by atoms with Crippen LogP contribution in [0, 0.1) is 5.82 Å². The van der Waals surface area contributed by atoms with E-state index in [0.717, 1.165) is 0 Å². The third-order valence-corrected chi connectivity index (χ3v) is 2.60. The van der Waals surface area contributed by atoms with Gasteiger partial charge in [0.15, 0.2) is 0 Å². The lowest BCUT2D eigenvalue weighted by atomic mass is 10.2. The minimum Gasteiger partial charge on any atom is -0.343 e. The summed E-state index contributed by atoms with van der Waals surface area (Å²) >= 11 is 0. The number of nitrogens with zero attached hydrogens (tertiary/aromatic N) is 3. The highest BCUT2D eigenvalue weighted by Crippen LogP contribution is 2.15. The van der Waals surface area contributed by atoms with Crippen LogP contribution < -0.4 is 0 Å². The van der Waals surface area contributed by atoms with Crippen LogP contribution >= 0.6 is 0 Å². The van der Waals surface area contributed by atoms with Crippen LogP contribution in [0.1, 0.15) is 23.1 Å². The molecule has 0 fully saturated rings. The van der Waals surface area contributed by atoms with Gasteiger partial charge in [-0.25, -0.2) is 9.37 Å². The van der Waals surface area contributed by atoms with E-state index in [9.17, 15) is 9.18 Å². The van der Waals surface area contributed by atoms with E-state index in [-0.39, 0.29) is 11.7 Å². The highest BCUT2D eigenvalue weighted by atomic mass is 19.1. The van der Waals surface area contributed by atoms with Gasteiger partial charge in [0.25, 0.3) is 5.91 Å². The van der Waals surface area contributed by atoms with Gasteiger partial charge in [-0.3, -0.25) is 9.20 Å². The highest BCUT2D eigenvalue weighted by Gasteiger charge is 2.19. The third kappa shape index (κ3) is 1.88. The zero-order chi connectivity index (χ0) is 12.6. The summed E-state index contributed by atoms with van der Waals surface area (Å²) in [6, 6.07) is 2.91. The molecule has 0 spiro atoms. The van der Waals surface area contributed by atoms with Crippen molar-refractivity contribution in [1.82, 2.24) is 14.3 Å². The van der Waals surface area contributed by atoms with E-state index in [0.29, 0.717) is 23.5 Å². The van der Waals surface area contributed by atoms with Crippen molar-refractivity contribution in [2.24, 2.45) is 0 Å². The Kier molecular flexibility index (Phi) is 2.83. The van der Waals surface area contributed by atoms with Crippen molar-refractivity contribution in [1.29, 1.82) is 0 Å². The monoisotopic (exact) mass is 235 g/mol. The van der Waals surface area contributed by atoms with E-state index in [4.69, 9.17) is 0 Å². The van der Waals surface area contributed by atoms with Crippen molar-refractivity contribution in [3.8, 4) is 0 Å². The number of carbonyl (C=O) groups is 1. The van der Waals surface area contributed by atoms with E-state index < -0.39 is 0 Å². The summed E-state index contributed by atoms with van der Waals surface area (Å²) in [5, 5.41) is 0. The Morgan fingerprint density at radius 1 is 1.47 bits per heavy atom. The van der Waals surface area contributed by atoms with Gasteiger partial charge in [-0.1, -0.05) is 6.92 Å². The standard InChI is InChI=1S/C12H14FN3O/c1-4-9-11(12(17)15(2)3)16-7-8(13)5-6-10(16)14-9/h5-7H,4H2,1-3H3.